The molecule has 0 bridgehead atoms. The average Bonchev–Trinajstić information content (AvgIpc) is 2.59. The molecule has 0 saturated carbocycles. The number of nitrogens with zero attached hydrogens (tertiary/aromatic N) is 2. The molecule has 0 aliphatic heterocycles. The minimum Gasteiger partial charge on any atom is -0.480 e. The molecule has 0 spiro atoms. The molecule has 1 rings (SSSR count). The molecule has 3 N–H and O–H groups in total. The van der Waals surface area contributed by atoms with Crippen molar-refractivity contribution in [1.29, 1.82) is 0 Å². The summed E-state index contributed by atoms with van der Waals surface area (Å²) < 4.78 is 1.87. The van der Waals surface area contributed by atoms with Crippen molar-refractivity contribution < 1.29 is 9.90 Å². The standard InChI is InChI=1S/C11H19N3O2/c1-9-5-8-14(13-9)7-4-3-6-11(2,12)10(15)16/h5,8H,3-4,6-7,12H2,1-2H3,(H,15,16). The van der Waals surface area contributed by atoms with Crippen LogP contribution in [0.1, 0.15) is 31.9 Å². The minimum atomic E-state index is -1.11. The van der Waals surface area contributed by atoms with Crippen LogP contribution in [0.4, 0.5) is 0 Å². The van der Waals surface area contributed by atoms with E-state index in [1.54, 1.807) is 6.92 Å². The second kappa shape index (κ2) is 5.12. The van der Waals surface area contributed by atoms with E-state index in [0.717, 1.165) is 25.1 Å². The van der Waals surface area contributed by atoms with E-state index in [4.69, 9.17) is 10.8 Å². The summed E-state index contributed by atoms with van der Waals surface area (Å²) in [7, 11) is 0. The first-order chi connectivity index (χ1) is 7.42. The fraction of sp³-hybridized carbons (Fsp3) is 0.636. The number of unbranched alkanes of at least 4 members (excludes halogenated alkanes) is 1. The van der Waals surface area contributed by atoms with Crippen molar-refractivity contribution >= 4 is 5.97 Å². The van der Waals surface area contributed by atoms with Crippen LogP contribution in [0, 0.1) is 6.92 Å². The molecule has 1 atom stereocenters. The molecule has 1 heterocycles. The van der Waals surface area contributed by atoms with E-state index in [9.17, 15) is 4.79 Å². The zero-order valence-corrected chi connectivity index (χ0v) is 9.81. The summed E-state index contributed by atoms with van der Waals surface area (Å²) in [5.74, 6) is -0.942. The fourth-order valence-electron chi connectivity index (χ4n) is 1.46. The van der Waals surface area contributed by atoms with Crippen LogP contribution in [0.2, 0.25) is 0 Å². The number of carboxylic acid groups (broad SMARTS) is 1. The first-order valence-corrected chi connectivity index (χ1v) is 5.44. The van der Waals surface area contributed by atoms with Gasteiger partial charge in [-0.3, -0.25) is 9.48 Å². The van der Waals surface area contributed by atoms with E-state index in [-0.39, 0.29) is 0 Å². The normalized spacial score (nSPS) is 14.7. The molecular formula is C11H19N3O2. The van der Waals surface area contributed by atoms with E-state index in [2.05, 4.69) is 5.10 Å². The Balaban J connectivity index is 2.24. The van der Waals surface area contributed by atoms with Crippen molar-refractivity contribution in [2.75, 3.05) is 0 Å². The summed E-state index contributed by atoms with van der Waals surface area (Å²) in [6.07, 6.45) is 4.09. The van der Waals surface area contributed by atoms with Gasteiger partial charge in [-0.1, -0.05) is 0 Å². The number of rotatable bonds is 6. The predicted molar refractivity (Wildman–Crippen MR) is 61.0 cm³/mol. The lowest BCUT2D eigenvalue weighted by Crippen LogP contribution is -2.44. The van der Waals surface area contributed by atoms with Gasteiger partial charge in [0.1, 0.15) is 5.54 Å². The molecule has 0 amide bonds. The maximum atomic E-state index is 10.7. The molecule has 90 valence electrons. The summed E-state index contributed by atoms with van der Waals surface area (Å²) in [4.78, 5) is 10.7. The zero-order valence-electron chi connectivity index (χ0n) is 9.81. The number of aliphatic carboxylic acids is 1. The van der Waals surface area contributed by atoms with Gasteiger partial charge in [0.15, 0.2) is 0 Å². The highest BCUT2D eigenvalue weighted by Crippen LogP contribution is 2.11. The molecule has 1 aromatic heterocycles. The van der Waals surface area contributed by atoms with Crippen LogP contribution >= 0.6 is 0 Å². The van der Waals surface area contributed by atoms with Crippen LogP contribution in [0.5, 0.6) is 0 Å². The molecule has 0 aromatic carbocycles. The van der Waals surface area contributed by atoms with Crippen molar-refractivity contribution in [3.05, 3.63) is 18.0 Å². The molecule has 0 fully saturated rings. The lowest BCUT2D eigenvalue weighted by atomic mass is 9.96. The summed E-state index contributed by atoms with van der Waals surface area (Å²) >= 11 is 0. The molecule has 0 radical (unpaired) electrons. The minimum absolute atomic E-state index is 0.489. The Bertz CT molecular complexity index is 358. The van der Waals surface area contributed by atoms with Crippen molar-refractivity contribution in [3.63, 3.8) is 0 Å². The Labute approximate surface area is 95.3 Å². The van der Waals surface area contributed by atoms with Gasteiger partial charge in [0.2, 0.25) is 0 Å². The number of aromatic nitrogens is 2. The van der Waals surface area contributed by atoms with Crippen LogP contribution in [-0.4, -0.2) is 26.4 Å². The summed E-state index contributed by atoms with van der Waals surface area (Å²) in [6, 6.07) is 1.95. The van der Waals surface area contributed by atoms with Crippen LogP contribution in [0.25, 0.3) is 0 Å². The Kier molecular flexibility index (Phi) is 4.06. The van der Waals surface area contributed by atoms with Crippen LogP contribution in [0.3, 0.4) is 0 Å². The number of hydrogen-bond acceptors (Lipinski definition) is 3. The number of hydrogen-bond donors (Lipinski definition) is 2. The second-order valence-electron chi connectivity index (χ2n) is 4.40. The maximum absolute atomic E-state index is 10.7. The highest BCUT2D eigenvalue weighted by atomic mass is 16.4. The van der Waals surface area contributed by atoms with Gasteiger partial charge in [-0.2, -0.15) is 5.10 Å². The van der Waals surface area contributed by atoms with E-state index in [1.165, 1.54) is 0 Å². The molecule has 0 aliphatic rings. The second-order valence-corrected chi connectivity index (χ2v) is 4.40. The van der Waals surface area contributed by atoms with E-state index in [1.807, 2.05) is 23.9 Å². The SMILES string of the molecule is Cc1ccn(CCCCC(C)(N)C(=O)O)n1. The van der Waals surface area contributed by atoms with E-state index < -0.39 is 11.5 Å². The van der Waals surface area contributed by atoms with Gasteiger partial charge in [-0.25, -0.2) is 0 Å². The van der Waals surface area contributed by atoms with Crippen molar-refractivity contribution in [2.45, 2.75) is 45.2 Å². The topological polar surface area (TPSA) is 81.1 Å². The number of aryl methyl sites for hydroxylation is 2. The number of nitrogens with two attached hydrogens (primary N) is 1. The first-order valence-electron chi connectivity index (χ1n) is 5.44. The lowest BCUT2D eigenvalue weighted by molar-refractivity contribution is -0.142. The third-order valence-corrected chi connectivity index (χ3v) is 2.60. The molecule has 5 heteroatoms. The quantitative estimate of drug-likeness (QED) is 0.712. The zero-order chi connectivity index (χ0) is 12.2. The third-order valence-electron chi connectivity index (χ3n) is 2.60. The highest BCUT2D eigenvalue weighted by Gasteiger charge is 2.26. The maximum Gasteiger partial charge on any atom is 0.323 e. The Morgan fingerprint density at radius 2 is 2.31 bits per heavy atom. The molecule has 0 aliphatic carbocycles. The van der Waals surface area contributed by atoms with Gasteiger partial charge in [0.05, 0.1) is 5.69 Å². The van der Waals surface area contributed by atoms with Crippen molar-refractivity contribution in [3.8, 4) is 0 Å². The molecule has 1 aromatic rings. The lowest BCUT2D eigenvalue weighted by Gasteiger charge is -2.18. The fourth-order valence-corrected chi connectivity index (χ4v) is 1.46. The third kappa shape index (κ3) is 3.66. The molecular weight excluding hydrogens is 206 g/mol. The van der Waals surface area contributed by atoms with Crippen LogP contribution < -0.4 is 5.73 Å². The Morgan fingerprint density at radius 1 is 1.62 bits per heavy atom. The van der Waals surface area contributed by atoms with Gasteiger partial charge in [-0.15, -0.1) is 0 Å². The molecule has 16 heavy (non-hydrogen) atoms. The van der Waals surface area contributed by atoms with Crippen LogP contribution in [0.15, 0.2) is 12.3 Å². The number of carboxylic acids is 1. The largest absolute Gasteiger partial charge is 0.480 e. The predicted octanol–water partition coefficient (Wildman–Crippen LogP) is 1.16. The highest BCUT2D eigenvalue weighted by molar-refractivity contribution is 5.77. The smallest absolute Gasteiger partial charge is 0.323 e. The van der Waals surface area contributed by atoms with Gasteiger partial charge in [0, 0.05) is 12.7 Å². The number of carbonyl (C=O) groups is 1. The van der Waals surface area contributed by atoms with Crippen LogP contribution in [-0.2, 0) is 11.3 Å². The van der Waals surface area contributed by atoms with Gasteiger partial charge < -0.3 is 10.8 Å². The molecule has 5 nitrogen and oxygen atoms in total. The van der Waals surface area contributed by atoms with Gasteiger partial charge in [-0.05, 0) is 39.2 Å². The summed E-state index contributed by atoms with van der Waals surface area (Å²) in [5.41, 5.74) is 5.50. The van der Waals surface area contributed by atoms with Crippen molar-refractivity contribution in [1.82, 2.24) is 9.78 Å². The van der Waals surface area contributed by atoms with E-state index >= 15 is 0 Å². The summed E-state index contributed by atoms with van der Waals surface area (Å²) in [6.45, 7) is 4.30. The summed E-state index contributed by atoms with van der Waals surface area (Å²) in [5, 5.41) is 13.1. The molecule has 0 saturated heterocycles. The van der Waals surface area contributed by atoms with Gasteiger partial charge in [0.25, 0.3) is 0 Å². The van der Waals surface area contributed by atoms with E-state index in [0.29, 0.717) is 6.42 Å². The average molecular weight is 225 g/mol. The Hall–Kier alpha value is -1.36. The molecule has 1 unspecified atom stereocenters. The van der Waals surface area contributed by atoms with Gasteiger partial charge >= 0.3 is 5.97 Å². The van der Waals surface area contributed by atoms with Crippen molar-refractivity contribution in [2.24, 2.45) is 5.73 Å². The Morgan fingerprint density at radius 3 is 2.81 bits per heavy atom. The monoisotopic (exact) mass is 225 g/mol. The first kappa shape index (κ1) is 12.7.